The van der Waals surface area contributed by atoms with E-state index in [-0.39, 0.29) is 0 Å². The lowest BCUT2D eigenvalue weighted by molar-refractivity contribution is 0.408. The maximum Gasteiger partial charge on any atom is 0.124 e. The van der Waals surface area contributed by atoms with Gasteiger partial charge in [-0.15, -0.1) is 0 Å². The first-order chi connectivity index (χ1) is 5.79. The summed E-state index contributed by atoms with van der Waals surface area (Å²) < 4.78 is 5.53. The van der Waals surface area contributed by atoms with Gasteiger partial charge in [0.2, 0.25) is 0 Å². The Balaban J connectivity index is 2.96. The molecule has 1 unspecified atom stereocenters. The lowest BCUT2D eigenvalue weighted by Crippen LogP contribution is -2.10. The molecule has 1 rings (SSSR count). The van der Waals surface area contributed by atoms with Crippen molar-refractivity contribution in [3.05, 3.63) is 29.8 Å². The Hall–Kier alpha value is -0.290. The van der Waals surface area contributed by atoms with Crippen molar-refractivity contribution in [2.75, 3.05) is 14.2 Å². The van der Waals surface area contributed by atoms with E-state index in [0.717, 1.165) is 5.75 Å². The predicted molar refractivity (Wildman–Crippen MR) is 58.8 cm³/mol. The fraction of sp³-hybridized carbons (Fsp3) is 0.333. The molecule has 1 aromatic rings. The number of hydrogen-bond acceptors (Lipinski definition) is 2. The Bertz CT molecular complexity index is 252. The second-order valence-corrected chi connectivity index (χ2v) is 3.64. The van der Waals surface area contributed by atoms with Gasteiger partial charge in [0.1, 0.15) is 5.75 Å². The van der Waals surface area contributed by atoms with E-state index in [1.165, 1.54) is 5.56 Å². The van der Waals surface area contributed by atoms with Crippen molar-refractivity contribution in [1.29, 1.82) is 0 Å². The molecule has 0 spiro atoms. The molecule has 0 saturated heterocycles. The number of hydrogen-bond donors (Lipinski definition) is 1. The first kappa shape index (κ1) is 9.80. The van der Waals surface area contributed by atoms with Gasteiger partial charge >= 0.3 is 0 Å². The van der Waals surface area contributed by atoms with Gasteiger partial charge in [0.05, 0.1) is 11.2 Å². The summed E-state index contributed by atoms with van der Waals surface area (Å²) in [5.41, 5.74) is 1.18. The number of halogens is 1. The first-order valence-electron chi connectivity index (χ1n) is 3.74. The topological polar surface area (TPSA) is 21.3 Å². The van der Waals surface area contributed by atoms with E-state index in [2.05, 4.69) is 34.0 Å². The van der Waals surface area contributed by atoms with Gasteiger partial charge in [0.25, 0.3) is 0 Å². The zero-order valence-corrected chi connectivity index (χ0v) is 9.33. The van der Waals surface area contributed by atoms with Gasteiger partial charge in [0, 0.05) is 5.56 Å². The molecule has 0 aliphatic heterocycles. The van der Waals surface area contributed by atoms with Crippen molar-refractivity contribution < 1.29 is 4.74 Å². The van der Waals surface area contributed by atoms with Gasteiger partial charge in [-0.1, -0.05) is 40.8 Å². The Morgan fingerprint density at radius 2 is 2.08 bits per heavy atom. The molecule has 0 radical (unpaired) electrons. The van der Waals surface area contributed by atoms with Gasteiger partial charge < -0.3 is 10.1 Å². The molecule has 0 aliphatic carbocycles. The van der Waals surface area contributed by atoms with Crippen LogP contribution in [0.3, 0.4) is 0 Å². The Morgan fingerprint density at radius 1 is 1.42 bits per heavy atom. The van der Waals surface area contributed by atoms with Gasteiger partial charge in [0.15, 0.2) is 0 Å². The van der Waals surface area contributed by atoms with Crippen molar-refractivity contribution in [1.82, 2.24) is 5.32 Å². The van der Waals surface area contributed by atoms with Crippen molar-refractivity contribution in [2.24, 2.45) is 0 Å². The fourth-order valence-corrected chi connectivity index (χ4v) is 1.55. The SMILES string of the molecule is CNC(I)c1ccccc1OC. The van der Waals surface area contributed by atoms with Crippen molar-refractivity contribution in [2.45, 2.75) is 4.05 Å². The van der Waals surface area contributed by atoms with E-state index in [0.29, 0.717) is 4.05 Å². The summed E-state index contributed by atoms with van der Waals surface area (Å²) in [5.74, 6) is 0.936. The minimum Gasteiger partial charge on any atom is -0.496 e. The average molecular weight is 277 g/mol. The highest BCUT2D eigenvalue weighted by atomic mass is 127. The van der Waals surface area contributed by atoms with Gasteiger partial charge in [-0.3, -0.25) is 0 Å². The number of benzene rings is 1. The lowest BCUT2D eigenvalue weighted by Gasteiger charge is -2.12. The predicted octanol–water partition coefficient (Wildman–Crippen LogP) is 2.35. The summed E-state index contributed by atoms with van der Waals surface area (Å²) in [6.07, 6.45) is 0. The van der Waals surface area contributed by atoms with Gasteiger partial charge in [-0.05, 0) is 13.1 Å². The van der Waals surface area contributed by atoms with Crippen molar-refractivity contribution >= 4 is 22.6 Å². The maximum atomic E-state index is 5.22. The molecule has 1 atom stereocenters. The standard InChI is InChI=1S/C9H12INO/c1-11-9(10)7-5-3-4-6-8(7)12-2/h3-6,9,11H,1-2H3. The van der Waals surface area contributed by atoms with Crippen LogP contribution in [0.2, 0.25) is 0 Å². The molecular weight excluding hydrogens is 265 g/mol. The van der Waals surface area contributed by atoms with Crippen LogP contribution in [-0.2, 0) is 0 Å². The number of methoxy groups -OCH3 is 1. The molecule has 0 aromatic heterocycles. The fourth-order valence-electron chi connectivity index (χ4n) is 1.03. The van der Waals surface area contributed by atoms with Crippen LogP contribution in [0.5, 0.6) is 5.75 Å². The molecular formula is C9H12INO. The molecule has 0 aliphatic rings. The van der Waals surface area contributed by atoms with Crippen LogP contribution in [0.1, 0.15) is 9.61 Å². The summed E-state index contributed by atoms with van der Waals surface area (Å²) >= 11 is 2.33. The number of rotatable bonds is 3. The van der Waals surface area contributed by atoms with Crippen LogP contribution in [0.25, 0.3) is 0 Å². The van der Waals surface area contributed by atoms with E-state index < -0.39 is 0 Å². The van der Waals surface area contributed by atoms with Crippen LogP contribution >= 0.6 is 22.6 Å². The van der Waals surface area contributed by atoms with Crippen LogP contribution < -0.4 is 10.1 Å². The normalized spacial score (nSPS) is 12.6. The smallest absolute Gasteiger partial charge is 0.124 e. The summed E-state index contributed by atoms with van der Waals surface area (Å²) in [4.78, 5) is 0. The van der Waals surface area contributed by atoms with Crippen LogP contribution in [0.15, 0.2) is 24.3 Å². The van der Waals surface area contributed by atoms with Crippen LogP contribution in [-0.4, -0.2) is 14.2 Å². The van der Waals surface area contributed by atoms with Crippen molar-refractivity contribution in [3.8, 4) is 5.75 Å². The molecule has 0 bridgehead atoms. The number of alkyl halides is 1. The zero-order chi connectivity index (χ0) is 8.97. The first-order valence-corrected chi connectivity index (χ1v) is 4.98. The van der Waals surface area contributed by atoms with Crippen LogP contribution in [0, 0.1) is 0 Å². The Labute approximate surface area is 86.5 Å². The third-order valence-corrected chi connectivity index (χ3v) is 2.96. The molecule has 0 heterocycles. The minimum atomic E-state index is 0.304. The van der Waals surface area contributed by atoms with Gasteiger partial charge in [-0.25, -0.2) is 0 Å². The van der Waals surface area contributed by atoms with Crippen LogP contribution in [0.4, 0.5) is 0 Å². The molecule has 0 saturated carbocycles. The maximum absolute atomic E-state index is 5.22. The summed E-state index contributed by atoms with van der Waals surface area (Å²) in [7, 11) is 3.63. The molecule has 1 aromatic carbocycles. The average Bonchev–Trinajstić information content (AvgIpc) is 2.16. The summed E-state index contributed by atoms with van der Waals surface area (Å²) in [5, 5.41) is 3.16. The summed E-state index contributed by atoms with van der Waals surface area (Å²) in [6, 6.07) is 8.02. The monoisotopic (exact) mass is 277 g/mol. The second-order valence-electron chi connectivity index (χ2n) is 2.39. The Kier molecular flexibility index (Phi) is 3.81. The van der Waals surface area contributed by atoms with E-state index >= 15 is 0 Å². The number of nitrogens with one attached hydrogen (secondary N) is 1. The zero-order valence-electron chi connectivity index (χ0n) is 7.17. The quantitative estimate of drug-likeness (QED) is 0.520. The molecule has 1 N–H and O–H groups in total. The molecule has 2 nitrogen and oxygen atoms in total. The molecule has 12 heavy (non-hydrogen) atoms. The Morgan fingerprint density at radius 3 is 2.67 bits per heavy atom. The molecule has 66 valence electrons. The highest BCUT2D eigenvalue weighted by molar-refractivity contribution is 14.1. The number of para-hydroxylation sites is 1. The van der Waals surface area contributed by atoms with E-state index in [9.17, 15) is 0 Å². The van der Waals surface area contributed by atoms with E-state index in [1.807, 2.05) is 25.2 Å². The largest absolute Gasteiger partial charge is 0.496 e. The van der Waals surface area contributed by atoms with Crippen molar-refractivity contribution in [3.63, 3.8) is 0 Å². The molecule has 0 amide bonds. The third kappa shape index (κ3) is 2.10. The minimum absolute atomic E-state index is 0.304. The molecule has 0 fully saturated rings. The second kappa shape index (κ2) is 4.67. The highest BCUT2D eigenvalue weighted by Crippen LogP contribution is 2.28. The third-order valence-electron chi connectivity index (χ3n) is 1.67. The number of ether oxygens (including phenoxy) is 1. The molecule has 3 heteroatoms. The highest BCUT2D eigenvalue weighted by Gasteiger charge is 2.08. The van der Waals surface area contributed by atoms with Gasteiger partial charge in [-0.2, -0.15) is 0 Å². The van der Waals surface area contributed by atoms with E-state index in [4.69, 9.17) is 4.74 Å². The lowest BCUT2D eigenvalue weighted by atomic mass is 10.2. The van der Waals surface area contributed by atoms with E-state index in [1.54, 1.807) is 7.11 Å². The summed E-state index contributed by atoms with van der Waals surface area (Å²) in [6.45, 7) is 0.